The summed E-state index contributed by atoms with van der Waals surface area (Å²) in [4.78, 5) is 10.9. The predicted molar refractivity (Wildman–Crippen MR) is 126 cm³/mol. The Morgan fingerprint density at radius 2 is 2.03 bits per heavy atom. The molecule has 6 heteroatoms. The number of hydrogen-bond donors (Lipinski definition) is 3. The van der Waals surface area contributed by atoms with Crippen LogP contribution in [0.5, 0.6) is 17.2 Å². The van der Waals surface area contributed by atoms with Crippen LogP contribution in [0.2, 0.25) is 0 Å². The van der Waals surface area contributed by atoms with Crippen molar-refractivity contribution in [3.05, 3.63) is 53.1 Å². The Labute approximate surface area is 191 Å². The maximum Gasteiger partial charge on any atom is 0.160 e. The number of fused-ring (bicyclic) bond motifs is 1. The Kier molecular flexibility index (Phi) is 8.94. The summed E-state index contributed by atoms with van der Waals surface area (Å²) in [5, 5.41) is 22.3. The van der Waals surface area contributed by atoms with E-state index in [0.717, 1.165) is 68.2 Å². The Hall–Kier alpha value is -2.57. The van der Waals surface area contributed by atoms with Gasteiger partial charge in [0, 0.05) is 31.1 Å². The lowest BCUT2D eigenvalue weighted by molar-refractivity contribution is -0.108. The second kappa shape index (κ2) is 11.9. The van der Waals surface area contributed by atoms with Gasteiger partial charge in [-0.1, -0.05) is 37.6 Å². The lowest BCUT2D eigenvalue weighted by Crippen LogP contribution is -2.49. The van der Waals surface area contributed by atoms with Gasteiger partial charge in [-0.3, -0.25) is 5.43 Å². The van der Waals surface area contributed by atoms with E-state index in [1.54, 1.807) is 13.2 Å². The summed E-state index contributed by atoms with van der Waals surface area (Å²) in [5.41, 5.74) is 6.66. The zero-order valence-electron chi connectivity index (χ0n) is 19.2. The fourth-order valence-corrected chi connectivity index (χ4v) is 4.83. The minimum absolute atomic E-state index is 0.0144. The summed E-state index contributed by atoms with van der Waals surface area (Å²) < 4.78 is 5.62. The molecule has 32 heavy (non-hydrogen) atoms. The van der Waals surface area contributed by atoms with Gasteiger partial charge in [0.1, 0.15) is 12.0 Å². The summed E-state index contributed by atoms with van der Waals surface area (Å²) in [6.07, 6.45) is 6.97. The number of para-hydroxylation sites is 1. The first kappa shape index (κ1) is 24.1. The molecule has 1 aliphatic carbocycles. The van der Waals surface area contributed by atoms with Crippen molar-refractivity contribution in [2.45, 2.75) is 63.8 Å². The van der Waals surface area contributed by atoms with Gasteiger partial charge in [0.25, 0.3) is 0 Å². The molecule has 174 valence electrons. The Balaban J connectivity index is 1.74. The van der Waals surface area contributed by atoms with Crippen LogP contribution in [-0.4, -0.2) is 47.7 Å². The molecule has 0 saturated heterocycles. The standard InChI is InChI=1S/C26H36N2O4/c1-3-7-19(22-8-4-5-9-25(22)32-2)14-16-28(27-15-6-17-29)21-11-12-23-20(18-21)10-13-24(30)26(23)31/h4-5,8-10,13,17,19,21,27,30-31H,3,6-7,11-12,14-16,18H2,1-2H3. The van der Waals surface area contributed by atoms with Crippen LogP contribution in [-0.2, 0) is 17.6 Å². The van der Waals surface area contributed by atoms with E-state index in [4.69, 9.17) is 4.74 Å². The number of carbonyl (C=O) groups excluding carboxylic acids is 1. The van der Waals surface area contributed by atoms with Gasteiger partial charge < -0.3 is 19.7 Å². The number of carbonyl (C=O) groups is 1. The van der Waals surface area contributed by atoms with Crippen molar-refractivity contribution in [1.82, 2.24) is 10.4 Å². The van der Waals surface area contributed by atoms with Gasteiger partial charge in [-0.05, 0) is 61.3 Å². The molecule has 0 saturated carbocycles. The van der Waals surface area contributed by atoms with Gasteiger partial charge in [0.15, 0.2) is 11.5 Å². The molecule has 0 aliphatic heterocycles. The molecule has 2 unspecified atom stereocenters. The Bertz CT molecular complexity index is 886. The molecule has 6 nitrogen and oxygen atoms in total. The van der Waals surface area contributed by atoms with E-state index >= 15 is 0 Å². The number of phenols is 2. The van der Waals surface area contributed by atoms with Crippen LogP contribution in [0, 0.1) is 0 Å². The van der Waals surface area contributed by atoms with Crippen LogP contribution in [0.4, 0.5) is 0 Å². The molecule has 0 radical (unpaired) electrons. The smallest absolute Gasteiger partial charge is 0.160 e. The first-order valence-electron chi connectivity index (χ1n) is 11.7. The van der Waals surface area contributed by atoms with Crippen molar-refractivity contribution in [2.75, 3.05) is 20.2 Å². The summed E-state index contributed by atoms with van der Waals surface area (Å²) in [6.45, 7) is 3.68. The highest BCUT2D eigenvalue weighted by atomic mass is 16.5. The highest BCUT2D eigenvalue weighted by molar-refractivity contribution is 5.50. The quantitative estimate of drug-likeness (QED) is 0.197. The highest BCUT2D eigenvalue weighted by Crippen LogP contribution is 2.37. The SMILES string of the molecule is CCCC(CCN(NCCC=O)C1CCc2c(ccc(O)c2O)C1)c1ccccc1OC. The Morgan fingerprint density at radius 1 is 1.22 bits per heavy atom. The normalized spacial score (nSPS) is 16.5. The average molecular weight is 441 g/mol. The molecule has 3 N–H and O–H groups in total. The second-order valence-electron chi connectivity index (χ2n) is 8.54. The topological polar surface area (TPSA) is 82.0 Å². The van der Waals surface area contributed by atoms with Crippen LogP contribution in [0.15, 0.2) is 36.4 Å². The van der Waals surface area contributed by atoms with Crippen molar-refractivity contribution in [3.63, 3.8) is 0 Å². The molecule has 0 amide bonds. The number of aldehydes is 1. The molecular formula is C26H36N2O4. The van der Waals surface area contributed by atoms with E-state index in [9.17, 15) is 15.0 Å². The monoisotopic (exact) mass is 440 g/mol. The number of nitrogens with one attached hydrogen (secondary N) is 1. The first-order valence-corrected chi connectivity index (χ1v) is 11.7. The number of ether oxygens (including phenoxy) is 1. The number of nitrogens with zero attached hydrogens (tertiary/aromatic N) is 1. The number of benzene rings is 2. The van der Waals surface area contributed by atoms with E-state index in [1.807, 2.05) is 18.2 Å². The van der Waals surface area contributed by atoms with E-state index in [0.29, 0.717) is 18.9 Å². The Morgan fingerprint density at radius 3 is 2.78 bits per heavy atom. The van der Waals surface area contributed by atoms with Gasteiger partial charge in [-0.15, -0.1) is 0 Å². The highest BCUT2D eigenvalue weighted by Gasteiger charge is 2.27. The summed E-state index contributed by atoms with van der Waals surface area (Å²) in [7, 11) is 1.72. The third kappa shape index (κ3) is 5.81. The van der Waals surface area contributed by atoms with Crippen LogP contribution >= 0.6 is 0 Å². The van der Waals surface area contributed by atoms with Crippen molar-refractivity contribution in [1.29, 1.82) is 0 Å². The minimum atomic E-state index is -0.0534. The van der Waals surface area contributed by atoms with Crippen molar-refractivity contribution in [3.8, 4) is 17.2 Å². The average Bonchev–Trinajstić information content (AvgIpc) is 2.82. The fraction of sp³-hybridized carbons (Fsp3) is 0.500. The zero-order valence-corrected chi connectivity index (χ0v) is 19.2. The molecule has 2 aromatic rings. The molecule has 2 atom stereocenters. The lowest BCUT2D eigenvalue weighted by Gasteiger charge is -2.36. The molecule has 0 heterocycles. The van der Waals surface area contributed by atoms with E-state index < -0.39 is 0 Å². The van der Waals surface area contributed by atoms with Crippen LogP contribution in [0.3, 0.4) is 0 Å². The van der Waals surface area contributed by atoms with Gasteiger partial charge >= 0.3 is 0 Å². The lowest BCUT2D eigenvalue weighted by atomic mass is 9.86. The molecule has 0 spiro atoms. The third-order valence-electron chi connectivity index (χ3n) is 6.49. The third-order valence-corrected chi connectivity index (χ3v) is 6.49. The van der Waals surface area contributed by atoms with E-state index in [2.05, 4.69) is 29.5 Å². The molecule has 0 bridgehead atoms. The fourth-order valence-electron chi connectivity index (χ4n) is 4.83. The van der Waals surface area contributed by atoms with Gasteiger partial charge in [0.05, 0.1) is 7.11 Å². The number of aromatic hydroxyl groups is 2. The summed E-state index contributed by atoms with van der Waals surface area (Å²) in [6, 6.07) is 12.0. The van der Waals surface area contributed by atoms with E-state index in [1.165, 1.54) is 5.56 Å². The maximum absolute atomic E-state index is 10.9. The molecule has 2 aromatic carbocycles. The molecule has 0 fully saturated rings. The number of hydrazine groups is 1. The van der Waals surface area contributed by atoms with Crippen molar-refractivity contribution < 1.29 is 19.7 Å². The number of methoxy groups -OCH3 is 1. The van der Waals surface area contributed by atoms with Crippen molar-refractivity contribution >= 4 is 6.29 Å². The molecule has 0 aromatic heterocycles. The minimum Gasteiger partial charge on any atom is -0.504 e. The zero-order chi connectivity index (χ0) is 22.9. The van der Waals surface area contributed by atoms with Gasteiger partial charge in [-0.25, -0.2) is 5.01 Å². The van der Waals surface area contributed by atoms with Gasteiger partial charge in [0.2, 0.25) is 0 Å². The number of hydrogen-bond acceptors (Lipinski definition) is 6. The number of phenolic OH excluding ortho intramolecular Hbond substituents is 2. The van der Waals surface area contributed by atoms with Crippen LogP contribution < -0.4 is 10.2 Å². The first-order chi connectivity index (χ1) is 15.6. The maximum atomic E-state index is 10.9. The summed E-state index contributed by atoms with van der Waals surface area (Å²) >= 11 is 0. The largest absolute Gasteiger partial charge is 0.504 e. The van der Waals surface area contributed by atoms with E-state index in [-0.39, 0.29) is 17.5 Å². The van der Waals surface area contributed by atoms with Crippen molar-refractivity contribution in [2.24, 2.45) is 0 Å². The molecular weight excluding hydrogens is 404 g/mol. The second-order valence-corrected chi connectivity index (χ2v) is 8.54. The molecule has 1 aliphatic rings. The van der Waals surface area contributed by atoms with Crippen LogP contribution in [0.25, 0.3) is 0 Å². The van der Waals surface area contributed by atoms with Gasteiger partial charge in [-0.2, -0.15) is 0 Å². The predicted octanol–water partition coefficient (Wildman–Crippen LogP) is 4.33. The number of rotatable bonds is 12. The van der Waals surface area contributed by atoms with Crippen LogP contribution in [0.1, 0.15) is 61.6 Å². The summed E-state index contributed by atoms with van der Waals surface area (Å²) in [5.74, 6) is 1.29. The molecule has 3 rings (SSSR count).